The number of benzene rings is 1. The van der Waals surface area contributed by atoms with Gasteiger partial charge in [-0.05, 0) is 6.07 Å². The maximum atomic E-state index is 11.8. The van der Waals surface area contributed by atoms with E-state index in [2.05, 4.69) is 0 Å². The van der Waals surface area contributed by atoms with Crippen molar-refractivity contribution in [2.45, 2.75) is 19.4 Å². The van der Waals surface area contributed by atoms with Crippen LogP contribution in [-0.2, 0) is 9.63 Å². The number of rotatable bonds is 1. The Hall–Kier alpha value is -1.55. The zero-order valence-corrected chi connectivity index (χ0v) is 9.76. The molecule has 0 saturated carbocycles. The van der Waals surface area contributed by atoms with Crippen molar-refractivity contribution in [3.63, 3.8) is 0 Å². The highest BCUT2D eigenvalue weighted by molar-refractivity contribution is 5.75. The fourth-order valence-corrected chi connectivity index (χ4v) is 2.49. The van der Waals surface area contributed by atoms with E-state index in [1.54, 1.807) is 0 Å². The van der Waals surface area contributed by atoms with E-state index in [4.69, 9.17) is 9.57 Å². The number of fused-ring (bicyclic) bond motifs is 3. The summed E-state index contributed by atoms with van der Waals surface area (Å²) in [4.78, 5) is 17.4. The Morgan fingerprint density at radius 1 is 1.41 bits per heavy atom. The van der Waals surface area contributed by atoms with Crippen molar-refractivity contribution >= 4 is 5.91 Å². The van der Waals surface area contributed by atoms with Crippen molar-refractivity contribution in [1.29, 1.82) is 0 Å². The molecule has 2 aliphatic heterocycles. The van der Waals surface area contributed by atoms with Gasteiger partial charge in [-0.1, -0.05) is 25.1 Å². The van der Waals surface area contributed by atoms with Crippen LogP contribution in [0.3, 0.4) is 0 Å². The lowest BCUT2D eigenvalue weighted by atomic mass is 9.92. The van der Waals surface area contributed by atoms with Crippen LogP contribution in [-0.4, -0.2) is 24.2 Å². The lowest BCUT2D eigenvalue weighted by Gasteiger charge is -2.31. The molecular weight excluding hydrogens is 218 g/mol. The molecule has 0 spiro atoms. The van der Waals surface area contributed by atoms with Crippen molar-refractivity contribution in [3.05, 3.63) is 29.8 Å². The Kier molecular flexibility index (Phi) is 2.52. The summed E-state index contributed by atoms with van der Waals surface area (Å²) in [6, 6.07) is 7.89. The van der Waals surface area contributed by atoms with Crippen molar-refractivity contribution in [2.75, 3.05) is 13.2 Å². The first-order valence-corrected chi connectivity index (χ1v) is 5.98. The monoisotopic (exact) mass is 233 g/mol. The molecule has 1 saturated heterocycles. The van der Waals surface area contributed by atoms with Crippen LogP contribution in [0.1, 0.15) is 24.9 Å². The first-order chi connectivity index (χ1) is 8.31. The van der Waals surface area contributed by atoms with Gasteiger partial charge in [0.2, 0.25) is 5.91 Å². The molecule has 1 aromatic rings. The van der Waals surface area contributed by atoms with Gasteiger partial charge in [0.05, 0.1) is 19.3 Å². The highest BCUT2D eigenvalue weighted by Gasteiger charge is 2.43. The average molecular weight is 233 g/mol. The lowest BCUT2D eigenvalue weighted by molar-refractivity contribution is -0.176. The van der Waals surface area contributed by atoms with E-state index in [0.717, 1.165) is 11.3 Å². The molecule has 0 N–H and O–H groups in total. The summed E-state index contributed by atoms with van der Waals surface area (Å²) in [5.74, 6) is 1.16. The molecule has 1 aromatic carbocycles. The number of carbonyl (C=O) groups excluding carboxylic acids is 1. The number of hydroxylamine groups is 2. The molecule has 0 aliphatic carbocycles. The van der Waals surface area contributed by atoms with Crippen LogP contribution >= 0.6 is 0 Å². The Bertz CT molecular complexity index is 446. The average Bonchev–Trinajstić information content (AvgIpc) is 2.82. The van der Waals surface area contributed by atoms with Crippen LogP contribution in [0.4, 0.5) is 0 Å². The summed E-state index contributed by atoms with van der Waals surface area (Å²) >= 11 is 0. The summed E-state index contributed by atoms with van der Waals surface area (Å²) in [7, 11) is 0. The SMILES string of the molecule is CCC(=O)N1OC[C@H]2COc3ccccc3[C@H]21. The predicted molar refractivity (Wildman–Crippen MR) is 61.3 cm³/mol. The molecular formula is C13H15NO3. The minimum atomic E-state index is 0.0207. The largest absolute Gasteiger partial charge is 0.493 e. The molecule has 2 atom stereocenters. The molecule has 90 valence electrons. The Morgan fingerprint density at radius 2 is 2.24 bits per heavy atom. The summed E-state index contributed by atoms with van der Waals surface area (Å²) in [5.41, 5.74) is 1.06. The van der Waals surface area contributed by atoms with Crippen LogP contribution in [0.25, 0.3) is 0 Å². The van der Waals surface area contributed by atoms with Crippen molar-refractivity contribution < 1.29 is 14.4 Å². The zero-order chi connectivity index (χ0) is 11.8. The van der Waals surface area contributed by atoms with Crippen LogP contribution in [0, 0.1) is 5.92 Å². The summed E-state index contributed by atoms with van der Waals surface area (Å²) in [6.07, 6.45) is 0.465. The normalized spacial score (nSPS) is 26.1. The number of hydrogen-bond donors (Lipinski definition) is 0. The van der Waals surface area contributed by atoms with Crippen molar-refractivity contribution in [3.8, 4) is 5.75 Å². The van der Waals surface area contributed by atoms with Gasteiger partial charge in [-0.2, -0.15) is 0 Å². The second-order valence-corrected chi connectivity index (χ2v) is 4.42. The third-order valence-electron chi connectivity index (χ3n) is 3.37. The summed E-state index contributed by atoms with van der Waals surface area (Å²) < 4.78 is 5.68. The summed E-state index contributed by atoms with van der Waals surface area (Å²) in [5, 5.41) is 1.53. The minimum absolute atomic E-state index is 0.0207. The Balaban J connectivity index is 1.99. The van der Waals surface area contributed by atoms with E-state index in [9.17, 15) is 4.79 Å². The van der Waals surface area contributed by atoms with Crippen molar-refractivity contribution in [1.82, 2.24) is 5.06 Å². The first-order valence-electron chi connectivity index (χ1n) is 5.98. The number of amides is 1. The van der Waals surface area contributed by atoms with Crippen LogP contribution < -0.4 is 4.74 Å². The van der Waals surface area contributed by atoms with Crippen LogP contribution in [0.5, 0.6) is 5.75 Å². The molecule has 3 rings (SSSR count). The van der Waals surface area contributed by atoms with Gasteiger partial charge in [0, 0.05) is 17.9 Å². The van der Waals surface area contributed by atoms with Crippen molar-refractivity contribution in [2.24, 2.45) is 5.92 Å². The van der Waals surface area contributed by atoms with Gasteiger partial charge in [-0.15, -0.1) is 0 Å². The van der Waals surface area contributed by atoms with E-state index >= 15 is 0 Å². The number of para-hydroxylation sites is 1. The fraction of sp³-hybridized carbons (Fsp3) is 0.462. The molecule has 0 aromatic heterocycles. The van der Waals surface area contributed by atoms with Gasteiger partial charge in [0.25, 0.3) is 0 Å². The van der Waals surface area contributed by atoms with Gasteiger partial charge >= 0.3 is 0 Å². The van der Waals surface area contributed by atoms with E-state index < -0.39 is 0 Å². The van der Waals surface area contributed by atoms with Gasteiger partial charge in [0.1, 0.15) is 5.75 Å². The highest BCUT2D eigenvalue weighted by atomic mass is 16.7. The summed E-state index contributed by atoms with van der Waals surface area (Å²) in [6.45, 7) is 3.03. The molecule has 2 heterocycles. The predicted octanol–water partition coefficient (Wildman–Crippen LogP) is 1.92. The minimum Gasteiger partial charge on any atom is -0.493 e. The molecule has 1 fully saturated rings. The molecule has 0 radical (unpaired) electrons. The lowest BCUT2D eigenvalue weighted by Crippen LogP contribution is -2.34. The standard InChI is InChI=1S/C13H15NO3/c1-2-12(15)14-13-9(8-17-14)7-16-11-6-4-3-5-10(11)13/h3-6,9,13H,2,7-8H2,1H3/t9-,13+/m1/s1. The quantitative estimate of drug-likeness (QED) is 0.744. The van der Waals surface area contributed by atoms with Gasteiger partial charge in [-0.25, -0.2) is 5.06 Å². The fourth-order valence-electron chi connectivity index (χ4n) is 2.49. The van der Waals surface area contributed by atoms with Gasteiger partial charge in [0.15, 0.2) is 0 Å². The topological polar surface area (TPSA) is 38.8 Å². The second-order valence-electron chi connectivity index (χ2n) is 4.42. The highest BCUT2D eigenvalue weighted by Crippen LogP contribution is 2.43. The third-order valence-corrected chi connectivity index (χ3v) is 3.37. The molecule has 1 amide bonds. The number of nitrogens with zero attached hydrogens (tertiary/aromatic N) is 1. The third kappa shape index (κ3) is 1.60. The van der Waals surface area contributed by atoms with E-state index in [1.165, 1.54) is 5.06 Å². The Morgan fingerprint density at radius 3 is 3.06 bits per heavy atom. The Labute approximate surface area is 100 Å². The molecule has 4 nitrogen and oxygen atoms in total. The molecule has 2 aliphatic rings. The molecule has 4 heteroatoms. The van der Waals surface area contributed by atoms with E-state index in [-0.39, 0.29) is 17.9 Å². The van der Waals surface area contributed by atoms with E-state index in [1.807, 2.05) is 31.2 Å². The van der Waals surface area contributed by atoms with Crippen LogP contribution in [0.2, 0.25) is 0 Å². The van der Waals surface area contributed by atoms with Crippen LogP contribution in [0.15, 0.2) is 24.3 Å². The van der Waals surface area contributed by atoms with Gasteiger partial charge < -0.3 is 4.74 Å². The molecule has 0 unspecified atom stereocenters. The number of hydrogen-bond acceptors (Lipinski definition) is 3. The maximum absolute atomic E-state index is 11.8. The molecule has 17 heavy (non-hydrogen) atoms. The zero-order valence-electron chi connectivity index (χ0n) is 9.76. The second kappa shape index (κ2) is 4.04. The smallest absolute Gasteiger partial charge is 0.246 e. The number of carbonyl (C=O) groups is 1. The maximum Gasteiger partial charge on any atom is 0.246 e. The molecule has 0 bridgehead atoms. The van der Waals surface area contributed by atoms with Gasteiger partial charge in [-0.3, -0.25) is 9.63 Å². The van der Waals surface area contributed by atoms with E-state index in [0.29, 0.717) is 19.6 Å². The number of ether oxygens (including phenoxy) is 1. The first kappa shape index (κ1) is 10.6.